The zero-order valence-electron chi connectivity index (χ0n) is 14.1. The summed E-state index contributed by atoms with van der Waals surface area (Å²) >= 11 is 1.60. The van der Waals surface area contributed by atoms with E-state index in [0.717, 1.165) is 35.1 Å². The quantitative estimate of drug-likeness (QED) is 0.818. The Balaban J connectivity index is 1.66. The third-order valence-electron chi connectivity index (χ3n) is 4.99. The van der Waals surface area contributed by atoms with Crippen molar-refractivity contribution < 1.29 is 4.79 Å². The standard InChI is InChI=1S/C18H18N4O3S/c19-9-12-10-21(13-5-6-13)18(25)22(17(12)24)11-16(23)20-7-1-3-14(20)15-4-2-8-26-15/h2,4,8,10,13-14H,1,3,5-7,11H2. The van der Waals surface area contributed by atoms with Gasteiger partial charge in [0.25, 0.3) is 5.56 Å². The number of amides is 1. The first-order valence-corrected chi connectivity index (χ1v) is 9.57. The van der Waals surface area contributed by atoms with Crippen molar-refractivity contribution in [3.63, 3.8) is 0 Å². The molecule has 1 unspecified atom stereocenters. The van der Waals surface area contributed by atoms with Crippen LogP contribution in [0.15, 0.2) is 33.3 Å². The van der Waals surface area contributed by atoms with Crippen LogP contribution in [0.3, 0.4) is 0 Å². The number of carbonyl (C=O) groups excluding carboxylic acids is 1. The normalized spacial score (nSPS) is 19.5. The van der Waals surface area contributed by atoms with Crippen LogP contribution < -0.4 is 11.2 Å². The second kappa shape index (κ2) is 6.57. The molecule has 8 heteroatoms. The maximum atomic E-state index is 12.9. The van der Waals surface area contributed by atoms with Gasteiger partial charge in [0.2, 0.25) is 5.91 Å². The molecule has 0 bridgehead atoms. The van der Waals surface area contributed by atoms with Gasteiger partial charge >= 0.3 is 5.69 Å². The minimum absolute atomic E-state index is 0.00279. The smallest absolute Gasteiger partial charge is 0.331 e. The van der Waals surface area contributed by atoms with Crippen molar-refractivity contribution in [3.8, 4) is 6.07 Å². The number of hydrogen-bond acceptors (Lipinski definition) is 5. The number of thiophene rings is 1. The Morgan fingerprint density at radius 3 is 2.77 bits per heavy atom. The van der Waals surface area contributed by atoms with Crippen molar-refractivity contribution in [1.82, 2.24) is 14.0 Å². The fourth-order valence-corrected chi connectivity index (χ4v) is 4.39. The van der Waals surface area contributed by atoms with Crippen molar-refractivity contribution in [2.45, 2.75) is 44.3 Å². The fourth-order valence-electron chi connectivity index (χ4n) is 3.52. The lowest BCUT2D eigenvalue weighted by Crippen LogP contribution is -2.45. The number of aromatic nitrogens is 2. The monoisotopic (exact) mass is 370 g/mol. The lowest BCUT2D eigenvalue weighted by molar-refractivity contribution is -0.132. The van der Waals surface area contributed by atoms with Crippen LogP contribution in [0.4, 0.5) is 0 Å². The van der Waals surface area contributed by atoms with Crippen molar-refractivity contribution >= 4 is 17.2 Å². The van der Waals surface area contributed by atoms with Crippen LogP contribution >= 0.6 is 11.3 Å². The van der Waals surface area contributed by atoms with Gasteiger partial charge in [0, 0.05) is 23.7 Å². The van der Waals surface area contributed by atoms with Gasteiger partial charge in [-0.3, -0.25) is 14.2 Å². The molecule has 3 heterocycles. The number of likely N-dealkylation sites (tertiary alicyclic amines) is 1. The number of hydrogen-bond donors (Lipinski definition) is 0. The van der Waals surface area contributed by atoms with E-state index in [2.05, 4.69) is 0 Å². The van der Waals surface area contributed by atoms with Gasteiger partial charge in [-0.25, -0.2) is 9.36 Å². The van der Waals surface area contributed by atoms with Crippen LogP contribution in [0.25, 0.3) is 0 Å². The first-order valence-electron chi connectivity index (χ1n) is 8.69. The van der Waals surface area contributed by atoms with Crippen molar-refractivity contribution in [3.05, 3.63) is 55.0 Å². The summed E-state index contributed by atoms with van der Waals surface area (Å²) in [5.74, 6) is -0.252. The van der Waals surface area contributed by atoms with Crippen LogP contribution in [0.5, 0.6) is 0 Å². The molecule has 1 saturated carbocycles. The SMILES string of the molecule is N#Cc1cn(C2CC2)c(=O)n(CC(=O)N2CCCC2c2cccs2)c1=O. The molecule has 0 N–H and O–H groups in total. The van der Waals surface area contributed by atoms with Gasteiger partial charge in [0.05, 0.1) is 6.04 Å². The summed E-state index contributed by atoms with van der Waals surface area (Å²) in [6.45, 7) is 0.298. The van der Waals surface area contributed by atoms with Crippen LogP contribution in [-0.2, 0) is 11.3 Å². The molecule has 26 heavy (non-hydrogen) atoms. The first kappa shape index (κ1) is 16.8. The van der Waals surface area contributed by atoms with E-state index in [1.807, 2.05) is 23.6 Å². The summed E-state index contributed by atoms with van der Waals surface area (Å²) in [6, 6.07) is 5.83. The average molecular weight is 370 g/mol. The molecule has 134 valence electrons. The Morgan fingerprint density at radius 2 is 2.12 bits per heavy atom. The Morgan fingerprint density at radius 1 is 1.31 bits per heavy atom. The highest BCUT2D eigenvalue weighted by atomic mass is 32.1. The minimum Gasteiger partial charge on any atom is -0.333 e. The molecule has 2 aromatic rings. The van der Waals surface area contributed by atoms with Gasteiger partial charge in [0.15, 0.2) is 0 Å². The lowest BCUT2D eigenvalue weighted by atomic mass is 10.2. The van der Waals surface area contributed by atoms with E-state index in [1.165, 1.54) is 10.8 Å². The molecule has 2 aromatic heterocycles. The third kappa shape index (κ3) is 2.88. The van der Waals surface area contributed by atoms with Gasteiger partial charge in [-0.05, 0) is 37.1 Å². The molecule has 1 atom stereocenters. The molecule has 0 aromatic carbocycles. The first-order chi connectivity index (χ1) is 12.6. The summed E-state index contributed by atoms with van der Waals surface area (Å²) in [5, 5.41) is 11.2. The van der Waals surface area contributed by atoms with E-state index < -0.39 is 11.2 Å². The maximum Gasteiger partial charge on any atom is 0.331 e. The Bertz CT molecular complexity index is 995. The molecule has 4 rings (SSSR count). The molecule has 1 aliphatic heterocycles. The number of carbonyl (C=O) groups is 1. The van der Waals surface area contributed by atoms with Crippen molar-refractivity contribution in [1.29, 1.82) is 5.26 Å². The number of rotatable bonds is 4. The van der Waals surface area contributed by atoms with Crippen molar-refractivity contribution in [2.24, 2.45) is 0 Å². The molecule has 2 fully saturated rings. The molecule has 7 nitrogen and oxygen atoms in total. The maximum absolute atomic E-state index is 12.9. The average Bonchev–Trinajstić information content (AvgIpc) is 3.12. The van der Waals surface area contributed by atoms with Crippen LogP contribution in [0.1, 0.15) is 48.2 Å². The van der Waals surface area contributed by atoms with E-state index in [-0.39, 0.29) is 30.1 Å². The van der Waals surface area contributed by atoms with Gasteiger partial charge in [0.1, 0.15) is 18.2 Å². The second-order valence-corrected chi connectivity index (χ2v) is 7.71. The summed E-state index contributed by atoms with van der Waals surface area (Å²) in [5.41, 5.74) is -1.29. The van der Waals surface area contributed by atoms with Crippen molar-refractivity contribution in [2.75, 3.05) is 6.54 Å². The molecule has 1 aliphatic carbocycles. The molecule has 2 aliphatic rings. The highest BCUT2D eigenvalue weighted by molar-refractivity contribution is 7.10. The van der Waals surface area contributed by atoms with Gasteiger partial charge in [-0.15, -0.1) is 11.3 Å². The molecule has 1 saturated heterocycles. The minimum atomic E-state index is -0.686. The topological polar surface area (TPSA) is 88.1 Å². The van der Waals surface area contributed by atoms with Crippen LogP contribution in [0.2, 0.25) is 0 Å². The lowest BCUT2D eigenvalue weighted by Gasteiger charge is -2.24. The Kier molecular flexibility index (Phi) is 4.24. The summed E-state index contributed by atoms with van der Waals surface area (Å²) in [7, 11) is 0. The molecular weight excluding hydrogens is 352 g/mol. The van der Waals surface area contributed by atoms with Gasteiger partial charge in [-0.2, -0.15) is 5.26 Å². The van der Waals surface area contributed by atoms with E-state index in [1.54, 1.807) is 16.2 Å². The summed E-state index contributed by atoms with van der Waals surface area (Å²) < 4.78 is 2.34. The molecule has 0 spiro atoms. The number of nitrogens with zero attached hydrogens (tertiary/aromatic N) is 4. The van der Waals surface area contributed by atoms with Crippen LogP contribution in [0, 0.1) is 11.3 Å². The van der Waals surface area contributed by atoms with E-state index in [4.69, 9.17) is 0 Å². The third-order valence-corrected chi connectivity index (χ3v) is 5.97. The molecule has 0 radical (unpaired) electrons. The predicted molar refractivity (Wildman–Crippen MR) is 96.0 cm³/mol. The predicted octanol–water partition coefficient (Wildman–Crippen LogP) is 1.64. The second-order valence-electron chi connectivity index (χ2n) is 6.73. The van der Waals surface area contributed by atoms with E-state index in [9.17, 15) is 19.6 Å². The Labute approximate surface area is 153 Å². The fraction of sp³-hybridized carbons (Fsp3) is 0.444. The van der Waals surface area contributed by atoms with Crippen LogP contribution in [-0.4, -0.2) is 26.5 Å². The van der Waals surface area contributed by atoms with E-state index >= 15 is 0 Å². The molecular formula is C18H18N4O3S. The highest BCUT2D eigenvalue weighted by Crippen LogP contribution is 2.35. The summed E-state index contributed by atoms with van der Waals surface area (Å²) in [6.07, 6.45) is 4.81. The van der Waals surface area contributed by atoms with Gasteiger partial charge < -0.3 is 4.90 Å². The largest absolute Gasteiger partial charge is 0.333 e. The molecule has 1 amide bonds. The zero-order valence-corrected chi connectivity index (χ0v) is 14.9. The van der Waals surface area contributed by atoms with E-state index in [0.29, 0.717) is 6.54 Å². The van der Waals surface area contributed by atoms with Gasteiger partial charge in [-0.1, -0.05) is 6.07 Å². The summed E-state index contributed by atoms with van der Waals surface area (Å²) in [4.78, 5) is 40.8. The zero-order chi connectivity index (χ0) is 18.3. The highest BCUT2D eigenvalue weighted by Gasteiger charge is 2.32. The number of nitriles is 1. The Hall–Kier alpha value is -2.66.